The molecule has 0 N–H and O–H groups in total. The summed E-state index contributed by atoms with van der Waals surface area (Å²) in [7, 11) is 0. The topological polar surface area (TPSA) is 17.1 Å². The van der Waals surface area contributed by atoms with Gasteiger partial charge in [-0.2, -0.15) is 0 Å². The van der Waals surface area contributed by atoms with Crippen molar-refractivity contribution in [3.63, 3.8) is 0 Å². The van der Waals surface area contributed by atoms with Crippen molar-refractivity contribution >= 4 is 5.78 Å². The molecule has 0 bridgehead atoms. The van der Waals surface area contributed by atoms with Gasteiger partial charge in [0.1, 0.15) is 5.78 Å². The van der Waals surface area contributed by atoms with Gasteiger partial charge in [0.2, 0.25) is 0 Å². The lowest BCUT2D eigenvalue weighted by Gasteiger charge is -2.38. The molecule has 0 aromatic heterocycles. The van der Waals surface area contributed by atoms with Gasteiger partial charge >= 0.3 is 0 Å². The molecular formula is C8H12O. The van der Waals surface area contributed by atoms with E-state index in [1.54, 1.807) is 0 Å². The van der Waals surface area contributed by atoms with Gasteiger partial charge in [0.15, 0.2) is 0 Å². The molecule has 2 aliphatic rings. The first-order valence-electron chi connectivity index (χ1n) is 3.90. The lowest BCUT2D eigenvalue weighted by atomic mass is 9.65. The maximum atomic E-state index is 11.1. The highest BCUT2D eigenvalue weighted by Gasteiger charge is 2.38. The van der Waals surface area contributed by atoms with Crippen LogP contribution in [0.5, 0.6) is 0 Å². The molecule has 0 saturated heterocycles. The molecule has 2 rings (SSSR count). The lowest BCUT2D eigenvalue weighted by Crippen LogP contribution is -2.36. The molecule has 0 unspecified atom stereocenters. The number of Topliss-reactive ketones (excluding diaryl/α,β-unsaturated/α-hetero) is 1. The van der Waals surface area contributed by atoms with E-state index in [4.69, 9.17) is 0 Å². The summed E-state index contributed by atoms with van der Waals surface area (Å²) >= 11 is 0. The number of carbonyl (C=O) groups excluding carboxylic acids is 1. The van der Waals surface area contributed by atoms with Crippen molar-refractivity contribution in [1.82, 2.24) is 0 Å². The Bertz CT molecular complexity index is 140. The van der Waals surface area contributed by atoms with Crippen LogP contribution in [-0.4, -0.2) is 5.78 Å². The number of hydrogen-bond acceptors (Lipinski definition) is 1. The van der Waals surface area contributed by atoms with Crippen LogP contribution in [0.3, 0.4) is 0 Å². The van der Waals surface area contributed by atoms with E-state index < -0.39 is 0 Å². The van der Waals surface area contributed by atoms with Crippen LogP contribution in [0, 0.1) is 11.8 Å². The van der Waals surface area contributed by atoms with Crippen LogP contribution in [0.2, 0.25) is 0 Å². The molecule has 0 aliphatic heterocycles. The smallest absolute Gasteiger partial charge is 0.136 e. The van der Waals surface area contributed by atoms with Crippen LogP contribution in [-0.2, 0) is 4.79 Å². The fraction of sp³-hybridized carbons (Fsp3) is 0.875. The molecule has 2 fully saturated rings. The number of carbonyl (C=O) groups is 1. The van der Waals surface area contributed by atoms with Gasteiger partial charge < -0.3 is 0 Å². The highest BCUT2D eigenvalue weighted by molar-refractivity contribution is 5.82. The SMILES string of the molecule is O=C1CCC[C@H]2CC[C@H]12. The zero-order valence-corrected chi connectivity index (χ0v) is 5.60. The Morgan fingerprint density at radius 3 is 2.56 bits per heavy atom. The number of rotatable bonds is 0. The Hall–Kier alpha value is -0.330. The molecule has 0 radical (unpaired) electrons. The highest BCUT2D eigenvalue weighted by Crippen LogP contribution is 2.42. The quantitative estimate of drug-likeness (QED) is 0.481. The molecule has 50 valence electrons. The second kappa shape index (κ2) is 1.83. The van der Waals surface area contributed by atoms with Crippen LogP contribution in [0.15, 0.2) is 0 Å². The van der Waals surface area contributed by atoms with E-state index in [0.29, 0.717) is 11.7 Å². The van der Waals surface area contributed by atoms with E-state index in [1.165, 1.54) is 25.7 Å². The molecular weight excluding hydrogens is 112 g/mol. The van der Waals surface area contributed by atoms with E-state index in [-0.39, 0.29) is 0 Å². The van der Waals surface area contributed by atoms with Crippen molar-refractivity contribution in [1.29, 1.82) is 0 Å². The molecule has 0 amide bonds. The largest absolute Gasteiger partial charge is 0.299 e. The Balaban J connectivity index is 2.06. The Kier molecular flexibility index (Phi) is 1.11. The van der Waals surface area contributed by atoms with Crippen molar-refractivity contribution in [3.8, 4) is 0 Å². The number of ketones is 1. The van der Waals surface area contributed by atoms with Gasteiger partial charge in [0.25, 0.3) is 0 Å². The maximum Gasteiger partial charge on any atom is 0.136 e. The van der Waals surface area contributed by atoms with E-state index in [9.17, 15) is 4.79 Å². The zero-order valence-electron chi connectivity index (χ0n) is 5.60. The summed E-state index contributed by atoms with van der Waals surface area (Å²) in [5, 5.41) is 0. The van der Waals surface area contributed by atoms with Crippen LogP contribution < -0.4 is 0 Å². The fourth-order valence-corrected chi connectivity index (χ4v) is 2.06. The molecule has 9 heavy (non-hydrogen) atoms. The van der Waals surface area contributed by atoms with Gasteiger partial charge in [-0.25, -0.2) is 0 Å². The number of fused-ring (bicyclic) bond motifs is 1. The monoisotopic (exact) mass is 124 g/mol. The van der Waals surface area contributed by atoms with Gasteiger partial charge in [0.05, 0.1) is 0 Å². The Morgan fingerprint density at radius 2 is 2.11 bits per heavy atom. The summed E-state index contributed by atoms with van der Waals surface area (Å²) < 4.78 is 0. The van der Waals surface area contributed by atoms with Crippen molar-refractivity contribution < 1.29 is 4.79 Å². The summed E-state index contributed by atoms with van der Waals surface area (Å²) in [6, 6.07) is 0. The standard InChI is InChI=1S/C8H12O/c9-8-3-1-2-6-4-5-7(6)8/h6-7H,1-5H2/t6-,7-/m0/s1. The van der Waals surface area contributed by atoms with Gasteiger partial charge in [-0.3, -0.25) is 4.79 Å². The molecule has 0 aromatic rings. The van der Waals surface area contributed by atoms with Gasteiger partial charge in [0, 0.05) is 12.3 Å². The van der Waals surface area contributed by atoms with Gasteiger partial charge in [-0.1, -0.05) is 0 Å². The second-order valence-electron chi connectivity index (χ2n) is 3.30. The predicted octanol–water partition coefficient (Wildman–Crippen LogP) is 1.77. The molecule has 0 heterocycles. The molecule has 2 saturated carbocycles. The second-order valence-corrected chi connectivity index (χ2v) is 3.30. The molecule has 1 heteroatoms. The van der Waals surface area contributed by atoms with Gasteiger partial charge in [-0.15, -0.1) is 0 Å². The molecule has 2 atom stereocenters. The third kappa shape index (κ3) is 0.707. The normalized spacial score (nSPS) is 41.6. The van der Waals surface area contributed by atoms with Gasteiger partial charge in [-0.05, 0) is 31.6 Å². The first-order chi connectivity index (χ1) is 4.38. The Labute approximate surface area is 55.4 Å². The van der Waals surface area contributed by atoms with Crippen molar-refractivity contribution in [3.05, 3.63) is 0 Å². The average Bonchev–Trinajstić information content (AvgIpc) is 1.74. The zero-order chi connectivity index (χ0) is 6.27. The predicted molar refractivity (Wildman–Crippen MR) is 35.1 cm³/mol. The minimum atomic E-state index is 0.513. The maximum absolute atomic E-state index is 11.1. The third-order valence-corrected chi connectivity index (χ3v) is 2.83. The van der Waals surface area contributed by atoms with Crippen LogP contribution in [0.1, 0.15) is 32.1 Å². The Morgan fingerprint density at radius 1 is 1.22 bits per heavy atom. The minimum Gasteiger partial charge on any atom is -0.299 e. The summed E-state index contributed by atoms with van der Waals surface area (Å²) in [5.74, 6) is 1.88. The first kappa shape index (κ1) is 5.45. The van der Waals surface area contributed by atoms with Crippen LogP contribution in [0.25, 0.3) is 0 Å². The van der Waals surface area contributed by atoms with Crippen molar-refractivity contribution in [2.75, 3.05) is 0 Å². The van der Waals surface area contributed by atoms with E-state index in [2.05, 4.69) is 0 Å². The first-order valence-corrected chi connectivity index (χ1v) is 3.90. The highest BCUT2D eigenvalue weighted by atomic mass is 16.1. The molecule has 1 nitrogen and oxygen atoms in total. The van der Waals surface area contributed by atoms with E-state index in [0.717, 1.165) is 12.3 Å². The lowest BCUT2D eigenvalue weighted by molar-refractivity contribution is -0.130. The average molecular weight is 124 g/mol. The number of hydrogen-bond donors (Lipinski definition) is 0. The van der Waals surface area contributed by atoms with E-state index >= 15 is 0 Å². The fourth-order valence-electron chi connectivity index (χ4n) is 2.06. The summed E-state index contributed by atoms with van der Waals surface area (Å²) in [4.78, 5) is 11.1. The molecule has 0 aromatic carbocycles. The molecule has 0 spiro atoms. The van der Waals surface area contributed by atoms with E-state index in [1.807, 2.05) is 0 Å². The van der Waals surface area contributed by atoms with Crippen LogP contribution >= 0.6 is 0 Å². The molecule has 2 aliphatic carbocycles. The third-order valence-electron chi connectivity index (χ3n) is 2.83. The minimum absolute atomic E-state index is 0.513. The van der Waals surface area contributed by atoms with Crippen molar-refractivity contribution in [2.45, 2.75) is 32.1 Å². The summed E-state index contributed by atoms with van der Waals surface area (Å²) in [5.41, 5.74) is 0. The van der Waals surface area contributed by atoms with Crippen LogP contribution in [0.4, 0.5) is 0 Å². The summed E-state index contributed by atoms with van der Waals surface area (Å²) in [6.07, 6.45) is 5.90. The summed E-state index contributed by atoms with van der Waals surface area (Å²) in [6.45, 7) is 0. The van der Waals surface area contributed by atoms with Crippen molar-refractivity contribution in [2.24, 2.45) is 11.8 Å².